The van der Waals surface area contributed by atoms with Gasteiger partial charge < -0.3 is 20.3 Å². The van der Waals surface area contributed by atoms with Crippen LogP contribution in [0, 0.1) is 34.0 Å². The van der Waals surface area contributed by atoms with Gasteiger partial charge >= 0.3 is 6.09 Å². The molecule has 39 heavy (non-hydrogen) atoms. The molecule has 1 aliphatic carbocycles. The zero-order chi connectivity index (χ0) is 28.9. The molecular weight excluding hydrogens is 496 g/mol. The summed E-state index contributed by atoms with van der Waals surface area (Å²) in [6.07, 6.45) is 0.911. The number of hydrogen-bond acceptors (Lipinski definition) is 7. The first-order valence-corrected chi connectivity index (χ1v) is 13.3. The van der Waals surface area contributed by atoms with Crippen LogP contribution in [0.4, 0.5) is 4.79 Å². The van der Waals surface area contributed by atoms with Crippen molar-refractivity contribution >= 4 is 28.7 Å². The summed E-state index contributed by atoms with van der Waals surface area (Å²) in [5.41, 5.74) is -1.15. The second-order valence-corrected chi connectivity index (χ2v) is 13.2. The van der Waals surface area contributed by atoms with Gasteiger partial charge in [-0.1, -0.05) is 58.9 Å². The van der Waals surface area contributed by atoms with Gasteiger partial charge in [-0.05, 0) is 43.4 Å². The molecule has 5 atom stereocenters. The highest BCUT2D eigenvalue weighted by atomic mass is 16.6. The van der Waals surface area contributed by atoms with Crippen molar-refractivity contribution in [2.24, 2.45) is 22.7 Å². The zero-order valence-corrected chi connectivity index (χ0v) is 23.9. The predicted octanol–water partition coefficient (Wildman–Crippen LogP) is 3.73. The number of piperidine rings is 1. The van der Waals surface area contributed by atoms with E-state index >= 15 is 0 Å². The Labute approximate surface area is 229 Å². The van der Waals surface area contributed by atoms with Crippen LogP contribution in [0.5, 0.6) is 0 Å². The molecule has 0 spiro atoms. The molecule has 1 aromatic heterocycles. The molecule has 2 fully saturated rings. The van der Waals surface area contributed by atoms with E-state index in [0.29, 0.717) is 12.2 Å². The predicted molar refractivity (Wildman–Crippen MR) is 145 cm³/mol. The number of nitriles is 1. The number of benzene rings is 1. The molecule has 0 radical (unpaired) electrons. The van der Waals surface area contributed by atoms with Crippen LogP contribution in [-0.2, 0) is 14.3 Å². The van der Waals surface area contributed by atoms with E-state index in [-0.39, 0.29) is 23.2 Å². The van der Waals surface area contributed by atoms with E-state index in [9.17, 15) is 19.6 Å². The van der Waals surface area contributed by atoms with E-state index in [1.165, 1.54) is 0 Å². The molecule has 3 amide bonds. The summed E-state index contributed by atoms with van der Waals surface area (Å²) in [5, 5.41) is 25.3. The highest BCUT2D eigenvalue weighted by Gasteiger charge is 2.69. The van der Waals surface area contributed by atoms with Crippen molar-refractivity contribution in [1.29, 1.82) is 5.26 Å². The van der Waals surface area contributed by atoms with Crippen LogP contribution >= 0.6 is 0 Å². The molecule has 10 nitrogen and oxygen atoms in total. The molecule has 10 heteroatoms. The Balaban J connectivity index is 1.61. The second kappa shape index (κ2) is 9.78. The van der Waals surface area contributed by atoms with Gasteiger partial charge in [-0.25, -0.2) is 4.79 Å². The van der Waals surface area contributed by atoms with Crippen LogP contribution < -0.4 is 10.6 Å². The molecule has 1 saturated heterocycles. The lowest BCUT2D eigenvalue weighted by Gasteiger charge is -2.38. The van der Waals surface area contributed by atoms with Crippen molar-refractivity contribution in [3.8, 4) is 6.07 Å². The van der Waals surface area contributed by atoms with Gasteiger partial charge in [-0.3, -0.25) is 9.59 Å². The molecule has 2 aromatic rings. The van der Waals surface area contributed by atoms with E-state index in [0.717, 1.165) is 10.8 Å². The van der Waals surface area contributed by atoms with Gasteiger partial charge in [0.05, 0.1) is 12.3 Å². The number of carbonyl (C=O) groups is 3. The third kappa shape index (κ3) is 5.54. The number of rotatable bonds is 5. The van der Waals surface area contributed by atoms with Gasteiger partial charge in [0.15, 0.2) is 6.04 Å². The number of ether oxygens (including phenoxy) is 1. The highest BCUT2D eigenvalue weighted by Crippen LogP contribution is 2.65. The highest BCUT2D eigenvalue weighted by molar-refractivity contribution is 5.94. The summed E-state index contributed by atoms with van der Waals surface area (Å²) in [6.45, 7) is 15.4. The summed E-state index contributed by atoms with van der Waals surface area (Å²) in [6, 6.07) is 6.78. The first-order valence-electron chi connectivity index (χ1n) is 13.3. The average Bonchev–Trinajstić information content (AvgIpc) is 3.15. The fraction of sp³-hybridized carbons (Fsp3) is 0.586. The lowest BCUT2D eigenvalue weighted by molar-refractivity contribution is -0.144. The molecule has 1 aromatic carbocycles. The maximum Gasteiger partial charge on any atom is 0.408 e. The molecule has 2 heterocycles. The van der Waals surface area contributed by atoms with Crippen molar-refractivity contribution in [3.63, 3.8) is 0 Å². The minimum atomic E-state index is -1.05. The number of likely N-dealkylation sites (tertiary alicyclic amines) is 1. The number of nitrogens with one attached hydrogen (secondary N) is 2. The Morgan fingerprint density at radius 2 is 1.79 bits per heavy atom. The van der Waals surface area contributed by atoms with Crippen molar-refractivity contribution < 1.29 is 19.1 Å². The zero-order valence-electron chi connectivity index (χ0n) is 23.9. The van der Waals surface area contributed by atoms with Crippen LogP contribution in [0.25, 0.3) is 10.8 Å². The lowest BCUT2D eigenvalue weighted by atomic mass is 9.85. The number of aromatic nitrogens is 2. The van der Waals surface area contributed by atoms with Gasteiger partial charge in [0, 0.05) is 17.3 Å². The number of hydrogen-bond donors (Lipinski definition) is 2. The monoisotopic (exact) mass is 534 g/mol. The van der Waals surface area contributed by atoms with E-state index in [2.05, 4.69) is 40.7 Å². The smallest absolute Gasteiger partial charge is 0.408 e. The summed E-state index contributed by atoms with van der Waals surface area (Å²) in [5.74, 6) is -0.707. The van der Waals surface area contributed by atoms with Crippen molar-refractivity contribution in [3.05, 3.63) is 36.2 Å². The Bertz CT molecular complexity index is 1330. The largest absolute Gasteiger partial charge is 0.444 e. The summed E-state index contributed by atoms with van der Waals surface area (Å²) in [7, 11) is 0. The Kier molecular flexibility index (Phi) is 7.09. The van der Waals surface area contributed by atoms with E-state index < -0.39 is 41.1 Å². The number of alkyl carbamates (subject to hydrolysis) is 1. The Morgan fingerprint density at radius 3 is 2.41 bits per heavy atom. The molecule has 2 N–H and O–H groups in total. The summed E-state index contributed by atoms with van der Waals surface area (Å²) < 4.78 is 5.42. The van der Waals surface area contributed by atoms with Crippen molar-refractivity contribution in [1.82, 2.24) is 25.7 Å². The van der Waals surface area contributed by atoms with E-state index in [1.807, 2.05) is 45.0 Å². The molecule has 1 aliphatic heterocycles. The molecule has 2 aliphatic rings. The standard InChI is InChI=1S/C29H38N6O4/c1-27(2,3)23(33-26(38)39-28(4,5)6)25(37)35-15-18-20(29(18,7)8)22(35)24(36)32-19(13-30)21-17-12-10-9-11-16(17)14-31-34-21/h9-12,14,18-20,22-23H,15H2,1-8H3,(H,32,36)(H,33,38)/t18-,19?,20-,22-,23+/m0/s1. The fourth-order valence-electron chi connectivity index (χ4n) is 5.71. The number of nitrogens with zero attached hydrogens (tertiary/aromatic N) is 4. The van der Waals surface area contributed by atoms with Crippen LogP contribution in [0.1, 0.15) is 67.1 Å². The van der Waals surface area contributed by atoms with E-state index in [1.54, 1.807) is 31.9 Å². The molecule has 208 valence electrons. The normalized spacial score (nSPS) is 23.3. The molecule has 1 unspecified atom stereocenters. The molecule has 1 saturated carbocycles. The van der Waals surface area contributed by atoms with Gasteiger partial charge in [-0.2, -0.15) is 15.5 Å². The van der Waals surface area contributed by atoms with Crippen LogP contribution in [0.2, 0.25) is 0 Å². The van der Waals surface area contributed by atoms with Crippen molar-refractivity contribution in [2.45, 2.75) is 79.1 Å². The quantitative estimate of drug-likeness (QED) is 0.596. The molecule has 4 rings (SSSR count). The Morgan fingerprint density at radius 1 is 1.13 bits per heavy atom. The van der Waals surface area contributed by atoms with Gasteiger partial charge in [-0.15, -0.1) is 0 Å². The lowest BCUT2D eigenvalue weighted by Crippen LogP contribution is -2.59. The maximum absolute atomic E-state index is 14.0. The van der Waals surface area contributed by atoms with Gasteiger partial charge in [0.1, 0.15) is 23.4 Å². The van der Waals surface area contributed by atoms with Gasteiger partial charge in [0.2, 0.25) is 11.8 Å². The number of fused-ring (bicyclic) bond motifs is 2. The van der Waals surface area contributed by atoms with Crippen LogP contribution in [0.3, 0.4) is 0 Å². The summed E-state index contributed by atoms with van der Waals surface area (Å²) in [4.78, 5) is 42.0. The van der Waals surface area contributed by atoms with Crippen LogP contribution in [0.15, 0.2) is 30.5 Å². The minimum Gasteiger partial charge on any atom is -0.444 e. The molecule has 0 bridgehead atoms. The van der Waals surface area contributed by atoms with Gasteiger partial charge in [0.25, 0.3) is 0 Å². The fourth-order valence-corrected chi connectivity index (χ4v) is 5.71. The molecular formula is C29H38N6O4. The second-order valence-electron chi connectivity index (χ2n) is 13.2. The van der Waals surface area contributed by atoms with Crippen molar-refractivity contribution in [2.75, 3.05) is 6.54 Å². The topological polar surface area (TPSA) is 137 Å². The first kappa shape index (κ1) is 28.3. The minimum absolute atomic E-state index is 0.0680. The first-order chi connectivity index (χ1) is 18.1. The third-order valence-electron chi connectivity index (χ3n) is 7.82. The summed E-state index contributed by atoms with van der Waals surface area (Å²) >= 11 is 0. The van der Waals surface area contributed by atoms with Crippen LogP contribution in [-0.4, -0.2) is 57.2 Å². The SMILES string of the molecule is CC(C)(C)OC(=O)N[C@H](C(=O)N1C[C@H]2[C@@H]([C@H]1C(=O)NC(C#N)c1nncc3ccccc13)C2(C)C)C(C)(C)C. The average molecular weight is 535 g/mol. The maximum atomic E-state index is 14.0. The third-order valence-corrected chi connectivity index (χ3v) is 7.82. The van der Waals surface area contributed by atoms with E-state index in [4.69, 9.17) is 4.74 Å². The number of carbonyl (C=O) groups excluding carboxylic acids is 3. The Hall–Kier alpha value is -3.74. The number of amides is 3.